The highest BCUT2D eigenvalue weighted by atomic mass is 35.5. The molecule has 1 fully saturated rings. The Bertz CT molecular complexity index is 511. The molecule has 1 aromatic rings. The van der Waals surface area contributed by atoms with Crippen LogP contribution < -0.4 is 4.72 Å². The summed E-state index contributed by atoms with van der Waals surface area (Å²) in [4.78, 5) is 0. The molecule has 0 heterocycles. The Kier molecular flexibility index (Phi) is 3.31. The van der Waals surface area contributed by atoms with Crippen molar-refractivity contribution in [2.45, 2.75) is 17.7 Å². The van der Waals surface area contributed by atoms with Crippen LogP contribution in [0.3, 0.4) is 0 Å². The van der Waals surface area contributed by atoms with Crippen molar-refractivity contribution in [1.82, 2.24) is 0 Å². The zero-order valence-corrected chi connectivity index (χ0v) is 11.6. The van der Waals surface area contributed by atoms with Gasteiger partial charge in [0.25, 0.3) is 0 Å². The molecule has 0 spiro atoms. The second-order valence-electron chi connectivity index (χ2n) is 4.41. The molecule has 1 aliphatic rings. The Morgan fingerprint density at radius 1 is 1.35 bits per heavy atom. The maximum absolute atomic E-state index is 11.8. The number of alkyl halides is 2. The number of benzene rings is 1. The van der Waals surface area contributed by atoms with Gasteiger partial charge in [-0.05, 0) is 25.5 Å². The quantitative estimate of drug-likeness (QED) is 0.868. The highest BCUT2D eigenvalue weighted by molar-refractivity contribution is 7.92. The Morgan fingerprint density at radius 2 is 1.88 bits per heavy atom. The second-order valence-corrected chi connectivity index (χ2v) is 7.72. The third kappa shape index (κ3) is 3.50. The first kappa shape index (κ1) is 13.0. The average Bonchev–Trinajstić information content (AvgIpc) is 2.76. The minimum atomic E-state index is -3.37. The van der Waals surface area contributed by atoms with E-state index in [1.807, 2.05) is 19.1 Å². The zero-order chi connectivity index (χ0) is 12.7. The standard InChI is InChI=1S/C11H13Cl2NO2S/c1-8-2-4-10(5-3-8)14-17(15,16)7-9-6-11(9,12)13/h2-5,9,14H,6-7H2,1H3/t9-/m1/s1. The lowest BCUT2D eigenvalue weighted by molar-refractivity contribution is 0.597. The minimum Gasteiger partial charge on any atom is -0.284 e. The largest absolute Gasteiger partial charge is 0.284 e. The van der Waals surface area contributed by atoms with E-state index in [-0.39, 0.29) is 11.7 Å². The molecule has 1 saturated carbocycles. The fraction of sp³-hybridized carbons (Fsp3) is 0.455. The van der Waals surface area contributed by atoms with Gasteiger partial charge in [0.15, 0.2) is 0 Å². The van der Waals surface area contributed by atoms with Gasteiger partial charge in [-0.25, -0.2) is 8.42 Å². The molecule has 0 radical (unpaired) electrons. The normalized spacial score (nSPS) is 22.2. The summed E-state index contributed by atoms with van der Waals surface area (Å²) < 4.78 is 25.2. The van der Waals surface area contributed by atoms with E-state index in [0.29, 0.717) is 12.1 Å². The van der Waals surface area contributed by atoms with Crippen LogP contribution in [-0.4, -0.2) is 18.5 Å². The van der Waals surface area contributed by atoms with Crippen LogP contribution in [-0.2, 0) is 10.0 Å². The first-order chi connectivity index (χ1) is 7.78. The van der Waals surface area contributed by atoms with Gasteiger partial charge in [0.05, 0.1) is 5.75 Å². The highest BCUT2D eigenvalue weighted by Crippen LogP contribution is 2.53. The number of anilines is 1. The molecule has 0 amide bonds. The van der Waals surface area contributed by atoms with Crippen LogP contribution in [0.2, 0.25) is 0 Å². The Hall–Kier alpha value is -0.450. The summed E-state index contributed by atoms with van der Waals surface area (Å²) >= 11 is 11.6. The van der Waals surface area contributed by atoms with Gasteiger partial charge in [0.1, 0.15) is 4.33 Å². The minimum absolute atomic E-state index is 0.0339. The molecule has 0 bridgehead atoms. The Balaban J connectivity index is 2.00. The van der Waals surface area contributed by atoms with Gasteiger partial charge < -0.3 is 0 Å². The lowest BCUT2D eigenvalue weighted by Gasteiger charge is -2.08. The van der Waals surface area contributed by atoms with Crippen LogP contribution >= 0.6 is 23.2 Å². The van der Waals surface area contributed by atoms with E-state index in [1.54, 1.807) is 12.1 Å². The zero-order valence-electron chi connectivity index (χ0n) is 9.28. The molecule has 94 valence electrons. The molecule has 3 nitrogen and oxygen atoms in total. The molecule has 6 heteroatoms. The fourth-order valence-electron chi connectivity index (χ4n) is 1.56. The maximum atomic E-state index is 11.8. The van der Waals surface area contributed by atoms with Gasteiger partial charge in [-0.15, -0.1) is 23.2 Å². The number of rotatable bonds is 4. The van der Waals surface area contributed by atoms with Crippen molar-refractivity contribution in [1.29, 1.82) is 0 Å². The number of aryl methyl sites for hydroxylation is 1. The predicted molar refractivity (Wildman–Crippen MR) is 71.1 cm³/mol. The third-order valence-corrected chi connectivity index (χ3v) is 5.01. The van der Waals surface area contributed by atoms with E-state index in [2.05, 4.69) is 4.72 Å². The molecule has 17 heavy (non-hydrogen) atoms. The topological polar surface area (TPSA) is 46.2 Å². The number of nitrogens with one attached hydrogen (secondary N) is 1. The van der Waals surface area contributed by atoms with Crippen molar-refractivity contribution >= 4 is 38.9 Å². The van der Waals surface area contributed by atoms with Crippen molar-refractivity contribution in [3.63, 3.8) is 0 Å². The first-order valence-corrected chi connectivity index (χ1v) is 7.64. The number of hydrogen-bond acceptors (Lipinski definition) is 2. The van der Waals surface area contributed by atoms with Crippen molar-refractivity contribution in [3.05, 3.63) is 29.8 Å². The molecule has 1 atom stereocenters. The van der Waals surface area contributed by atoms with Gasteiger partial charge in [-0.2, -0.15) is 0 Å². The summed E-state index contributed by atoms with van der Waals surface area (Å²) in [7, 11) is -3.37. The molecular weight excluding hydrogens is 281 g/mol. The molecule has 2 rings (SSSR count). The predicted octanol–water partition coefficient (Wildman–Crippen LogP) is 2.93. The summed E-state index contributed by atoms with van der Waals surface area (Å²) in [6.07, 6.45) is 0.533. The van der Waals surface area contributed by atoms with Crippen molar-refractivity contribution in [2.24, 2.45) is 5.92 Å². The monoisotopic (exact) mass is 293 g/mol. The maximum Gasteiger partial charge on any atom is 0.233 e. The molecule has 0 aliphatic heterocycles. The number of sulfonamides is 1. The summed E-state index contributed by atoms with van der Waals surface area (Å²) in [6, 6.07) is 7.16. The van der Waals surface area contributed by atoms with Gasteiger partial charge in [0, 0.05) is 11.6 Å². The van der Waals surface area contributed by atoms with Crippen LogP contribution in [0.15, 0.2) is 24.3 Å². The highest BCUT2D eigenvalue weighted by Gasteiger charge is 2.53. The fourth-order valence-corrected chi connectivity index (χ4v) is 3.78. The average molecular weight is 294 g/mol. The Morgan fingerprint density at radius 3 is 2.35 bits per heavy atom. The van der Waals surface area contributed by atoms with Crippen LogP contribution in [0, 0.1) is 12.8 Å². The van der Waals surface area contributed by atoms with Gasteiger partial charge in [0.2, 0.25) is 10.0 Å². The molecule has 1 N–H and O–H groups in total. The smallest absolute Gasteiger partial charge is 0.233 e. The molecule has 1 aliphatic carbocycles. The summed E-state index contributed by atoms with van der Waals surface area (Å²) in [6.45, 7) is 1.94. The van der Waals surface area contributed by atoms with Gasteiger partial charge >= 0.3 is 0 Å². The second kappa shape index (κ2) is 4.34. The SMILES string of the molecule is Cc1ccc(NS(=O)(=O)C[C@H]2CC2(Cl)Cl)cc1. The third-order valence-electron chi connectivity index (χ3n) is 2.70. The van der Waals surface area contributed by atoms with Gasteiger partial charge in [-0.1, -0.05) is 17.7 Å². The van der Waals surface area contributed by atoms with E-state index in [1.165, 1.54) is 0 Å². The molecule has 0 aromatic heterocycles. The summed E-state index contributed by atoms with van der Waals surface area (Å²) in [5.74, 6) is -0.206. The number of halogens is 2. The first-order valence-electron chi connectivity index (χ1n) is 5.23. The summed E-state index contributed by atoms with van der Waals surface area (Å²) in [5, 5.41) is 0. The van der Waals surface area contributed by atoms with Crippen LogP contribution in [0.4, 0.5) is 5.69 Å². The summed E-state index contributed by atoms with van der Waals surface area (Å²) in [5.41, 5.74) is 1.64. The molecule has 0 unspecified atom stereocenters. The van der Waals surface area contributed by atoms with E-state index >= 15 is 0 Å². The van der Waals surface area contributed by atoms with E-state index < -0.39 is 14.4 Å². The van der Waals surface area contributed by atoms with Crippen molar-refractivity contribution < 1.29 is 8.42 Å². The molecular formula is C11H13Cl2NO2S. The Labute approximate surface area is 111 Å². The molecule has 1 aromatic carbocycles. The van der Waals surface area contributed by atoms with Crippen LogP contribution in [0.1, 0.15) is 12.0 Å². The number of hydrogen-bond donors (Lipinski definition) is 1. The lowest BCUT2D eigenvalue weighted by Crippen LogP contribution is -2.19. The van der Waals surface area contributed by atoms with E-state index in [9.17, 15) is 8.42 Å². The lowest BCUT2D eigenvalue weighted by atomic mass is 10.2. The van der Waals surface area contributed by atoms with Gasteiger partial charge in [-0.3, -0.25) is 4.72 Å². The van der Waals surface area contributed by atoms with Crippen molar-refractivity contribution in [2.75, 3.05) is 10.5 Å². The van der Waals surface area contributed by atoms with Crippen LogP contribution in [0.5, 0.6) is 0 Å². The van der Waals surface area contributed by atoms with Crippen molar-refractivity contribution in [3.8, 4) is 0 Å². The van der Waals surface area contributed by atoms with E-state index in [0.717, 1.165) is 5.56 Å². The molecule has 0 saturated heterocycles. The van der Waals surface area contributed by atoms with E-state index in [4.69, 9.17) is 23.2 Å². The van der Waals surface area contributed by atoms with Crippen LogP contribution in [0.25, 0.3) is 0 Å².